The van der Waals surface area contributed by atoms with Crippen molar-refractivity contribution >= 4 is 11.9 Å². The van der Waals surface area contributed by atoms with E-state index in [9.17, 15) is 14.7 Å². The maximum absolute atomic E-state index is 13.5. The first-order valence-corrected chi connectivity index (χ1v) is 15.6. The maximum atomic E-state index is 13.5. The molecule has 4 aliphatic rings. The normalized spacial score (nSPS) is 40.7. The van der Waals surface area contributed by atoms with Crippen molar-refractivity contribution in [2.75, 3.05) is 19.8 Å². The van der Waals surface area contributed by atoms with E-state index in [1.54, 1.807) is 25.2 Å². The van der Waals surface area contributed by atoms with Crippen molar-refractivity contribution < 1.29 is 43.1 Å². The average molecular weight is 591 g/mol. The molecule has 236 valence electrons. The first kappa shape index (κ1) is 32.9. The molecule has 0 aromatic carbocycles. The van der Waals surface area contributed by atoms with E-state index in [1.165, 1.54) is 11.6 Å². The van der Waals surface area contributed by atoms with Gasteiger partial charge >= 0.3 is 11.9 Å². The van der Waals surface area contributed by atoms with E-state index in [4.69, 9.17) is 28.4 Å². The Morgan fingerprint density at radius 3 is 2.60 bits per heavy atom. The fourth-order valence-corrected chi connectivity index (χ4v) is 6.24. The van der Waals surface area contributed by atoms with Gasteiger partial charge in [-0.05, 0) is 59.3 Å². The summed E-state index contributed by atoms with van der Waals surface area (Å²) in [6.45, 7) is 12.7. The molecule has 9 heteroatoms. The van der Waals surface area contributed by atoms with Gasteiger partial charge in [-0.3, -0.25) is 0 Å². The molecule has 0 amide bonds. The minimum atomic E-state index is -0.761. The molecule has 2 aliphatic carbocycles. The second-order valence-electron chi connectivity index (χ2n) is 12.9. The van der Waals surface area contributed by atoms with Crippen molar-refractivity contribution in [3.63, 3.8) is 0 Å². The molecular weight excluding hydrogens is 540 g/mol. The second kappa shape index (κ2) is 14.2. The number of ether oxygens (including phenoxy) is 6. The van der Waals surface area contributed by atoms with Gasteiger partial charge in [-0.15, -0.1) is 0 Å². The Balaban J connectivity index is 1.60. The van der Waals surface area contributed by atoms with Crippen LogP contribution >= 0.6 is 0 Å². The van der Waals surface area contributed by atoms with Crippen molar-refractivity contribution in [2.24, 2.45) is 11.3 Å². The number of hydrogen-bond donors (Lipinski definition) is 1. The first-order valence-electron chi connectivity index (χ1n) is 15.6. The molecular formula is C33H50O9. The molecule has 0 aromatic heterocycles. The summed E-state index contributed by atoms with van der Waals surface area (Å²) >= 11 is 0. The van der Waals surface area contributed by atoms with Crippen molar-refractivity contribution in [3.05, 3.63) is 36.0 Å². The summed E-state index contributed by atoms with van der Waals surface area (Å²) in [7, 11) is 0. The van der Waals surface area contributed by atoms with Gasteiger partial charge in [0.2, 0.25) is 0 Å². The highest BCUT2D eigenvalue weighted by molar-refractivity contribution is 5.82. The number of carbonyl (C=O) groups excluding carboxylic acids is 2. The smallest absolute Gasteiger partial charge is 0.335 e. The van der Waals surface area contributed by atoms with Crippen LogP contribution in [0.5, 0.6) is 0 Å². The lowest BCUT2D eigenvalue weighted by Crippen LogP contribution is -2.47. The van der Waals surface area contributed by atoms with Gasteiger partial charge in [0.05, 0.1) is 37.6 Å². The zero-order chi connectivity index (χ0) is 30.5. The highest BCUT2D eigenvalue weighted by Gasteiger charge is 2.61. The molecule has 2 bridgehead atoms. The van der Waals surface area contributed by atoms with Crippen LogP contribution < -0.4 is 0 Å². The summed E-state index contributed by atoms with van der Waals surface area (Å²) in [5.41, 5.74) is 0.400. The molecule has 1 spiro atoms. The van der Waals surface area contributed by atoms with Crippen molar-refractivity contribution in [1.82, 2.24) is 0 Å². The van der Waals surface area contributed by atoms with Gasteiger partial charge in [-0.1, -0.05) is 43.7 Å². The largest absolute Gasteiger partial charge is 0.463 e. The Morgan fingerprint density at radius 2 is 1.93 bits per heavy atom. The molecule has 1 saturated carbocycles. The zero-order valence-electron chi connectivity index (χ0n) is 26.1. The standard InChI is InChI=1S/C33H50O9/c1-7-32-14-12-22(4)16-27(32)42-28-17-25(18-33(28)20-39-33)41-29(35)11-9-8-10-26(24(6)34)37-15-13-23(5)30(40-21(2)3)31(36)38-19-32/h8-11,16,21,23-28,30,34H,7,12-15,17-20H2,1-6H3/b10-8+,11-9-. The van der Waals surface area contributed by atoms with Gasteiger partial charge in [-0.2, -0.15) is 0 Å². The Labute approximate surface area is 250 Å². The van der Waals surface area contributed by atoms with Crippen LogP contribution in [0.1, 0.15) is 80.1 Å². The third kappa shape index (κ3) is 8.11. The van der Waals surface area contributed by atoms with E-state index in [1.807, 2.05) is 20.8 Å². The van der Waals surface area contributed by atoms with Crippen LogP contribution in [0, 0.1) is 11.3 Å². The van der Waals surface area contributed by atoms with Gasteiger partial charge in [0.15, 0.2) is 6.10 Å². The monoisotopic (exact) mass is 590 g/mol. The minimum absolute atomic E-state index is 0.160. The molecule has 2 aliphatic heterocycles. The summed E-state index contributed by atoms with van der Waals surface area (Å²) in [6, 6.07) is 0. The maximum Gasteiger partial charge on any atom is 0.335 e. The molecule has 2 heterocycles. The number of allylic oxidation sites excluding steroid dienone is 3. The Hall–Kier alpha value is -2.04. The molecule has 1 N–H and O–H groups in total. The summed E-state index contributed by atoms with van der Waals surface area (Å²) in [6.07, 6.45) is 9.60. The molecule has 9 unspecified atom stereocenters. The molecule has 0 radical (unpaired) electrons. The zero-order valence-corrected chi connectivity index (χ0v) is 26.1. The van der Waals surface area contributed by atoms with Gasteiger partial charge in [0, 0.05) is 30.9 Å². The van der Waals surface area contributed by atoms with Crippen molar-refractivity contribution in [1.29, 1.82) is 0 Å². The highest BCUT2D eigenvalue weighted by Crippen LogP contribution is 2.50. The number of aliphatic hydroxyl groups is 1. The molecule has 9 atom stereocenters. The lowest BCUT2D eigenvalue weighted by atomic mass is 9.71. The lowest BCUT2D eigenvalue weighted by molar-refractivity contribution is -0.174. The number of aliphatic hydroxyl groups excluding tert-OH is 1. The van der Waals surface area contributed by atoms with Gasteiger partial charge in [0.1, 0.15) is 17.8 Å². The fraction of sp³-hybridized carbons (Fsp3) is 0.758. The Morgan fingerprint density at radius 1 is 1.17 bits per heavy atom. The highest BCUT2D eigenvalue weighted by atomic mass is 16.6. The summed E-state index contributed by atoms with van der Waals surface area (Å²) in [5, 5.41) is 10.2. The third-order valence-electron chi connectivity index (χ3n) is 9.18. The van der Waals surface area contributed by atoms with Crippen LogP contribution in [-0.4, -0.2) is 85.2 Å². The number of hydrogen-bond acceptors (Lipinski definition) is 9. The van der Waals surface area contributed by atoms with Crippen LogP contribution in [0.25, 0.3) is 0 Å². The Kier molecular flexibility index (Phi) is 11.1. The van der Waals surface area contributed by atoms with Crippen LogP contribution in [-0.2, 0) is 38.0 Å². The van der Waals surface area contributed by atoms with Gasteiger partial charge in [0.25, 0.3) is 0 Å². The van der Waals surface area contributed by atoms with E-state index >= 15 is 0 Å². The molecule has 9 nitrogen and oxygen atoms in total. The number of cyclic esters (lactones) is 1. The van der Waals surface area contributed by atoms with E-state index in [-0.39, 0.29) is 42.9 Å². The quantitative estimate of drug-likeness (QED) is 0.285. The number of fused-ring (bicyclic) bond motifs is 4. The predicted octanol–water partition coefficient (Wildman–Crippen LogP) is 4.61. The number of epoxide rings is 1. The number of esters is 2. The molecule has 0 aromatic rings. The van der Waals surface area contributed by atoms with Crippen LogP contribution in [0.15, 0.2) is 36.0 Å². The number of rotatable bonds is 4. The molecule has 4 rings (SSSR count). The van der Waals surface area contributed by atoms with Crippen LogP contribution in [0.3, 0.4) is 0 Å². The summed E-state index contributed by atoms with van der Waals surface area (Å²) < 4.78 is 36.6. The topological polar surface area (TPSA) is 113 Å². The van der Waals surface area contributed by atoms with E-state index in [0.29, 0.717) is 32.5 Å². The molecule has 42 heavy (non-hydrogen) atoms. The molecule has 2 fully saturated rings. The minimum Gasteiger partial charge on any atom is -0.463 e. The third-order valence-corrected chi connectivity index (χ3v) is 9.18. The SMILES string of the molecule is CCC12CCC(C)=CC1OC1CC(CC13CO3)OC(=O)/C=C\C=C\C(C(C)O)OCCC(C)C(OC(C)C)C(=O)OC2. The first-order chi connectivity index (χ1) is 20.0. The lowest BCUT2D eigenvalue weighted by Gasteiger charge is -2.43. The summed E-state index contributed by atoms with van der Waals surface area (Å²) in [4.78, 5) is 26.1. The van der Waals surface area contributed by atoms with E-state index < -0.39 is 35.3 Å². The predicted molar refractivity (Wildman–Crippen MR) is 157 cm³/mol. The van der Waals surface area contributed by atoms with Crippen LogP contribution in [0.2, 0.25) is 0 Å². The fourth-order valence-electron chi connectivity index (χ4n) is 6.24. The Bertz CT molecular complexity index is 1030. The average Bonchev–Trinajstić information content (AvgIpc) is 3.63. The molecule has 1 saturated heterocycles. The van der Waals surface area contributed by atoms with Crippen molar-refractivity contribution in [2.45, 2.75) is 128 Å². The summed E-state index contributed by atoms with van der Waals surface area (Å²) in [5.74, 6) is -0.996. The van der Waals surface area contributed by atoms with Gasteiger partial charge < -0.3 is 33.5 Å². The van der Waals surface area contributed by atoms with Crippen LogP contribution in [0.4, 0.5) is 0 Å². The van der Waals surface area contributed by atoms with Gasteiger partial charge in [-0.25, -0.2) is 9.59 Å². The second-order valence-corrected chi connectivity index (χ2v) is 12.9. The van der Waals surface area contributed by atoms with E-state index in [2.05, 4.69) is 19.9 Å². The number of carbonyl (C=O) groups is 2. The van der Waals surface area contributed by atoms with E-state index in [0.717, 1.165) is 19.3 Å². The van der Waals surface area contributed by atoms with Crippen molar-refractivity contribution in [3.8, 4) is 0 Å².